The largest absolute Gasteiger partial charge is 0.299 e. The zero-order chi connectivity index (χ0) is 18.1. The molecular formula is C18H12N4O2S2. The topological polar surface area (TPSA) is 76.0 Å². The molecule has 1 aliphatic heterocycles. The van der Waals surface area contributed by atoms with E-state index >= 15 is 0 Å². The Morgan fingerprint density at radius 1 is 1.04 bits per heavy atom. The number of para-hydroxylation sites is 1. The lowest BCUT2D eigenvalue weighted by atomic mass is 10.1. The fraction of sp³-hybridized carbons (Fsp3) is 0. The molecule has 4 rings (SSSR count). The van der Waals surface area contributed by atoms with Gasteiger partial charge in [-0.15, -0.1) is 11.3 Å². The van der Waals surface area contributed by atoms with Crippen LogP contribution in [0.2, 0.25) is 0 Å². The molecule has 1 saturated heterocycles. The molecule has 3 aromatic rings. The molecule has 0 unspecified atom stereocenters. The summed E-state index contributed by atoms with van der Waals surface area (Å²) in [6, 6.07) is 13.5. The fourth-order valence-electron chi connectivity index (χ4n) is 2.57. The Hall–Kier alpha value is -3.10. The first kappa shape index (κ1) is 16.4. The van der Waals surface area contributed by atoms with Crippen molar-refractivity contribution >= 4 is 46.6 Å². The van der Waals surface area contributed by atoms with Gasteiger partial charge >= 0.3 is 0 Å². The SMILES string of the molecule is O=C1NC(=S)NC(=O)C1=Cc1cn(-c2ccccc2)nc1-c1cccs1. The average molecular weight is 380 g/mol. The molecule has 128 valence electrons. The number of thiocarbonyl (C=S) groups is 1. The molecule has 26 heavy (non-hydrogen) atoms. The van der Waals surface area contributed by atoms with Gasteiger partial charge in [0.1, 0.15) is 11.3 Å². The number of aromatic nitrogens is 2. The number of carbonyl (C=O) groups is 2. The third-order valence-electron chi connectivity index (χ3n) is 3.76. The van der Waals surface area contributed by atoms with Gasteiger partial charge in [-0.1, -0.05) is 24.3 Å². The predicted octanol–water partition coefficient (Wildman–Crippen LogP) is 2.52. The Morgan fingerprint density at radius 2 is 1.77 bits per heavy atom. The van der Waals surface area contributed by atoms with E-state index in [1.807, 2.05) is 47.8 Å². The van der Waals surface area contributed by atoms with Gasteiger partial charge in [0.2, 0.25) is 0 Å². The van der Waals surface area contributed by atoms with E-state index in [2.05, 4.69) is 15.7 Å². The van der Waals surface area contributed by atoms with Crippen LogP contribution in [0, 0.1) is 0 Å². The normalized spacial score (nSPS) is 14.2. The number of carbonyl (C=O) groups excluding carboxylic acids is 2. The molecule has 2 aromatic heterocycles. The van der Waals surface area contributed by atoms with Gasteiger partial charge in [-0.25, -0.2) is 4.68 Å². The second-order valence-corrected chi connectivity index (χ2v) is 6.84. The van der Waals surface area contributed by atoms with Crippen molar-refractivity contribution in [3.63, 3.8) is 0 Å². The van der Waals surface area contributed by atoms with Crippen molar-refractivity contribution in [3.05, 3.63) is 65.2 Å². The summed E-state index contributed by atoms with van der Waals surface area (Å²) in [6.45, 7) is 0. The van der Waals surface area contributed by atoms with Gasteiger partial charge in [-0.2, -0.15) is 5.10 Å². The molecule has 3 heterocycles. The standard InChI is InChI=1S/C18H12N4O2S2/c23-16-13(17(24)20-18(25)19-16)9-11-10-22(12-5-2-1-3-6-12)21-15(11)14-7-4-8-26-14/h1-10H,(H2,19,20,23,24,25). The third-order valence-corrected chi connectivity index (χ3v) is 4.84. The number of amides is 2. The first-order valence-electron chi connectivity index (χ1n) is 7.69. The van der Waals surface area contributed by atoms with E-state index in [4.69, 9.17) is 12.2 Å². The minimum atomic E-state index is -0.525. The predicted molar refractivity (Wildman–Crippen MR) is 104 cm³/mol. The number of hydrogen-bond acceptors (Lipinski definition) is 5. The average Bonchev–Trinajstić information content (AvgIpc) is 3.28. The van der Waals surface area contributed by atoms with Crippen LogP contribution in [-0.4, -0.2) is 26.7 Å². The third kappa shape index (κ3) is 3.07. The molecule has 0 spiro atoms. The number of benzene rings is 1. The Balaban J connectivity index is 1.83. The van der Waals surface area contributed by atoms with Crippen molar-refractivity contribution in [1.82, 2.24) is 20.4 Å². The molecule has 2 amide bonds. The summed E-state index contributed by atoms with van der Waals surface area (Å²) in [5.74, 6) is -1.05. The highest BCUT2D eigenvalue weighted by Gasteiger charge is 2.26. The molecule has 1 aromatic carbocycles. The summed E-state index contributed by atoms with van der Waals surface area (Å²) in [5.41, 5.74) is 2.24. The van der Waals surface area contributed by atoms with Gasteiger partial charge in [-0.05, 0) is 41.9 Å². The van der Waals surface area contributed by atoms with E-state index < -0.39 is 11.8 Å². The van der Waals surface area contributed by atoms with Crippen LogP contribution >= 0.6 is 23.6 Å². The monoisotopic (exact) mass is 380 g/mol. The van der Waals surface area contributed by atoms with Crippen LogP contribution in [0.15, 0.2) is 59.6 Å². The van der Waals surface area contributed by atoms with Crippen molar-refractivity contribution in [2.75, 3.05) is 0 Å². The molecule has 0 aliphatic carbocycles. The van der Waals surface area contributed by atoms with Gasteiger partial charge in [0.05, 0.1) is 10.6 Å². The number of thiophene rings is 1. The summed E-state index contributed by atoms with van der Waals surface area (Å²) in [6.07, 6.45) is 3.33. The van der Waals surface area contributed by atoms with Crippen molar-refractivity contribution in [1.29, 1.82) is 0 Å². The lowest BCUT2D eigenvalue weighted by Crippen LogP contribution is -2.51. The quantitative estimate of drug-likeness (QED) is 0.416. The molecule has 2 N–H and O–H groups in total. The second-order valence-electron chi connectivity index (χ2n) is 5.49. The number of hydrogen-bond donors (Lipinski definition) is 2. The fourth-order valence-corrected chi connectivity index (χ4v) is 3.49. The minimum Gasteiger partial charge on any atom is -0.299 e. The van der Waals surface area contributed by atoms with Crippen LogP contribution in [0.25, 0.3) is 22.3 Å². The van der Waals surface area contributed by atoms with Crippen LogP contribution in [-0.2, 0) is 9.59 Å². The molecular weight excluding hydrogens is 368 g/mol. The van der Waals surface area contributed by atoms with Crippen LogP contribution < -0.4 is 10.6 Å². The van der Waals surface area contributed by atoms with Crippen molar-refractivity contribution in [2.24, 2.45) is 0 Å². The van der Waals surface area contributed by atoms with E-state index in [-0.39, 0.29) is 10.7 Å². The van der Waals surface area contributed by atoms with Crippen molar-refractivity contribution in [3.8, 4) is 16.3 Å². The molecule has 0 saturated carbocycles. The first-order chi connectivity index (χ1) is 12.6. The number of rotatable bonds is 3. The molecule has 6 nitrogen and oxygen atoms in total. The summed E-state index contributed by atoms with van der Waals surface area (Å²) in [7, 11) is 0. The van der Waals surface area contributed by atoms with Gasteiger partial charge in [0, 0.05) is 11.8 Å². The van der Waals surface area contributed by atoms with Gasteiger partial charge in [0.15, 0.2) is 5.11 Å². The van der Waals surface area contributed by atoms with E-state index in [0.717, 1.165) is 10.6 Å². The minimum absolute atomic E-state index is 0.00982. The van der Waals surface area contributed by atoms with Gasteiger partial charge in [-0.3, -0.25) is 20.2 Å². The lowest BCUT2D eigenvalue weighted by Gasteiger charge is -2.16. The highest BCUT2D eigenvalue weighted by Crippen LogP contribution is 2.29. The van der Waals surface area contributed by atoms with E-state index in [1.165, 1.54) is 17.4 Å². The van der Waals surface area contributed by atoms with Crippen LogP contribution in [0.3, 0.4) is 0 Å². The summed E-state index contributed by atoms with van der Waals surface area (Å²) >= 11 is 6.37. The smallest absolute Gasteiger partial charge is 0.263 e. The summed E-state index contributed by atoms with van der Waals surface area (Å²) in [4.78, 5) is 25.2. The Morgan fingerprint density at radius 3 is 2.42 bits per heavy atom. The van der Waals surface area contributed by atoms with E-state index in [1.54, 1.807) is 10.9 Å². The maximum atomic E-state index is 12.1. The number of nitrogens with one attached hydrogen (secondary N) is 2. The molecule has 0 bridgehead atoms. The number of nitrogens with zero attached hydrogens (tertiary/aromatic N) is 2. The lowest BCUT2D eigenvalue weighted by molar-refractivity contribution is -0.123. The van der Waals surface area contributed by atoms with Crippen molar-refractivity contribution in [2.45, 2.75) is 0 Å². The summed E-state index contributed by atoms with van der Waals surface area (Å²) in [5, 5.41) is 11.5. The first-order valence-corrected chi connectivity index (χ1v) is 8.98. The Kier molecular flexibility index (Phi) is 4.19. The molecule has 0 radical (unpaired) electrons. The molecule has 8 heteroatoms. The maximum Gasteiger partial charge on any atom is 0.263 e. The molecule has 1 fully saturated rings. The highest BCUT2D eigenvalue weighted by atomic mass is 32.1. The van der Waals surface area contributed by atoms with Gasteiger partial charge < -0.3 is 0 Å². The second kappa shape index (κ2) is 6.66. The Bertz CT molecular complexity index is 1010. The van der Waals surface area contributed by atoms with Crippen molar-refractivity contribution < 1.29 is 9.59 Å². The van der Waals surface area contributed by atoms with Crippen LogP contribution in [0.5, 0.6) is 0 Å². The van der Waals surface area contributed by atoms with Crippen LogP contribution in [0.4, 0.5) is 0 Å². The van der Waals surface area contributed by atoms with E-state index in [9.17, 15) is 9.59 Å². The zero-order valence-corrected chi connectivity index (χ0v) is 14.9. The Labute approximate surface area is 158 Å². The van der Waals surface area contributed by atoms with E-state index in [0.29, 0.717) is 11.3 Å². The highest BCUT2D eigenvalue weighted by molar-refractivity contribution is 7.80. The van der Waals surface area contributed by atoms with Gasteiger partial charge in [0.25, 0.3) is 11.8 Å². The summed E-state index contributed by atoms with van der Waals surface area (Å²) < 4.78 is 1.73. The maximum absolute atomic E-state index is 12.1. The molecule has 1 aliphatic rings. The van der Waals surface area contributed by atoms with Crippen LogP contribution in [0.1, 0.15) is 5.56 Å². The molecule has 0 atom stereocenters. The zero-order valence-electron chi connectivity index (χ0n) is 13.3.